The summed E-state index contributed by atoms with van der Waals surface area (Å²) in [6.07, 6.45) is 8.93. The number of piperidine rings is 1. The molecule has 4 nitrogen and oxygen atoms in total. The molecule has 2 bridgehead atoms. The lowest BCUT2D eigenvalue weighted by molar-refractivity contribution is -0.137. The maximum Gasteiger partial charge on any atom is 0.223 e. The van der Waals surface area contributed by atoms with Gasteiger partial charge >= 0.3 is 0 Å². The quantitative estimate of drug-likeness (QED) is 0.679. The van der Waals surface area contributed by atoms with Gasteiger partial charge in [-0.3, -0.25) is 9.59 Å². The van der Waals surface area contributed by atoms with Crippen molar-refractivity contribution < 1.29 is 9.59 Å². The lowest BCUT2D eigenvalue weighted by Gasteiger charge is -2.39. The topological polar surface area (TPSA) is 49.4 Å². The summed E-state index contributed by atoms with van der Waals surface area (Å²) < 4.78 is 0. The first kappa shape index (κ1) is 20.3. The number of carbonyl (C=O) groups excluding carboxylic acids is 2. The summed E-state index contributed by atoms with van der Waals surface area (Å²) >= 11 is 0. The minimum atomic E-state index is 0.190. The van der Waals surface area contributed by atoms with Crippen LogP contribution in [0.25, 0.3) is 0 Å². The molecule has 4 atom stereocenters. The summed E-state index contributed by atoms with van der Waals surface area (Å²) in [7, 11) is 0. The largest absolute Gasteiger partial charge is 0.356 e. The molecule has 0 radical (unpaired) electrons. The molecule has 2 rings (SSSR count). The summed E-state index contributed by atoms with van der Waals surface area (Å²) in [5, 5.41) is 3.11. The van der Waals surface area contributed by atoms with Crippen molar-refractivity contribution in [2.75, 3.05) is 6.54 Å². The van der Waals surface area contributed by atoms with E-state index in [4.69, 9.17) is 0 Å². The zero-order valence-electron chi connectivity index (χ0n) is 16.7. The maximum atomic E-state index is 12.8. The van der Waals surface area contributed by atoms with Crippen LogP contribution in [-0.4, -0.2) is 35.3 Å². The number of nitrogens with zero attached hydrogens (tertiary/aromatic N) is 1. The van der Waals surface area contributed by atoms with Crippen molar-refractivity contribution in [3.05, 3.63) is 0 Å². The van der Waals surface area contributed by atoms with Gasteiger partial charge in [0.25, 0.3) is 0 Å². The number of rotatable bonds is 9. The second-order valence-electron chi connectivity index (χ2n) is 8.87. The molecule has 2 aliphatic rings. The SMILES string of the molecule is CCCCC(=O)NCC1C[C@H]2CC[C@@H](C1)N2C(=O)CC(C)CC(C)C. The molecule has 0 aliphatic carbocycles. The molecular weight excluding hydrogens is 312 g/mol. The second kappa shape index (κ2) is 9.59. The highest BCUT2D eigenvalue weighted by Crippen LogP contribution is 2.39. The van der Waals surface area contributed by atoms with Gasteiger partial charge in [0.2, 0.25) is 11.8 Å². The first-order valence-corrected chi connectivity index (χ1v) is 10.5. The number of fused-ring (bicyclic) bond motifs is 2. The van der Waals surface area contributed by atoms with E-state index in [0.717, 1.165) is 51.5 Å². The average molecular weight is 351 g/mol. The molecule has 2 amide bonds. The van der Waals surface area contributed by atoms with Crippen molar-refractivity contribution >= 4 is 11.8 Å². The van der Waals surface area contributed by atoms with E-state index in [1.165, 1.54) is 0 Å². The zero-order chi connectivity index (χ0) is 18.4. The van der Waals surface area contributed by atoms with Crippen LogP contribution in [0.1, 0.15) is 85.5 Å². The van der Waals surface area contributed by atoms with Gasteiger partial charge in [-0.05, 0) is 56.3 Å². The van der Waals surface area contributed by atoms with Crippen LogP contribution in [0.15, 0.2) is 0 Å². The van der Waals surface area contributed by atoms with E-state index in [0.29, 0.717) is 48.6 Å². The molecule has 1 N–H and O–H groups in total. The number of amides is 2. The normalized spacial score (nSPS) is 26.8. The van der Waals surface area contributed by atoms with Crippen LogP contribution in [0.4, 0.5) is 0 Å². The van der Waals surface area contributed by atoms with Crippen molar-refractivity contribution in [1.82, 2.24) is 10.2 Å². The predicted octanol–water partition coefficient (Wildman–Crippen LogP) is 4.13. The second-order valence-corrected chi connectivity index (χ2v) is 8.87. The zero-order valence-corrected chi connectivity index (χ0v) is 16.7. The van der Waals surface area contributed by atoms with Gasteiger partial charge in [-0.25, -0.2) is 0 Å². The third-order valence-electron chi connectivity index (χ3n) is 5.86. The molecule has 4 heteroatoms. The molecule has 25 heavy (non-hydrogen) atoms. The molecule has 144 valence electrons. The van der Waals surface area contributed by atoms with Gasteiger partial charge in [-0.15, -0.1) is 0 Å². The Labute approximate surface area is 154 Å². The standard InChI is InChI=1S/C21H38N2O2/c1-5-6-7-20(24)22-14-17-12-18-8-9-19(13-17)23(18)21(25)11-16(4)10-15(2)3/h15-19H,5-14H2,1-4H3,(H,22,24)/t16?,17?,18-,19+. The van der Waals surface area contributed by atoms with E-state index < -0.39 is 0 Å². The van der Waals surface area contributed by atoms with E-state index >= 15 is 0 Å². The lowest BCUT2D eigenvalue weighted by Crippen LogP contribution is -2.48. The van der Waals surface area contributed by atoms with Crippen LogP contribution in [0, 0.1) is 17.8 Å². The minimum Gasteiger partial charge on any atom is -0.356 e. The highest BCUT2D eigenvalue weighted by Gasteiger charge is 2.43. The van der Waals surface area contributed by atoms with Crippen LogP contribution in [-0.2, 0) is 9.59 Å². The molecule has 2 heterocycles. The summed E-state index contributed by atoms with van der Waals surface area (Å²) in [6.45, 7) is 9.56. The fourth-order valence-electron chi connectivity index (χ4n) is 4.84. The van der Waals surface area contributed by atoms with E-state index in [1.54, 1.807) is 0 Å². The fraction of sp³-hybridized carbons (Fsp3) is 0.905. The third-order valence-corrected chi connectivity index (χ3v) is 5.86. The van der Waals surface area contributed by atoms with E-state index in [-0.39, 0.29) is 5.91 Å². The molecule has 2 unspecified atom stereocenters. The van der Waals surface area contributed by atoms with Crippen molar-refractivity contribution in [2.45, 2.75) is 97.6 Å². The Bertz CT molecular complexity index is 435. The summed E-state index contributed by atoms with van der Waals surface area (Å²) in [5.41, 5.74) is 0. The molecule has 0 aromatic rings. The van der Waals surface area contributed by atoms with Gasteiger partial charge in [0, 0.05) is 31.5 Å². The number of unbranched alkanes of at least 4 members (excludes halogenated alkanes) is 1. The number of hydrogen-bond donors (Lipinski definition) is 1. The van der Waals surface area contributed by atoms with Gasteiger partial charge in [0.1, 0.15) is 0 Å². The Balaban J connectivity index is 1.79. The van der Waals surface area contributed by atoms with Crippen LogP contribution in [0.5, 0.6) is 0 Å². The van der Waals surface area contributed by atoms with Gasteiger partial charge in [-0.2, -0.15) is 0 Å². The van der Waals surface area contributed by atoms with Gasteiger partial charge in [0.05, 0.1) is 0 Å². The van der Waals surface area contributed by atoms with E-state index in [9.17, 15) is 9.59 Å². The first-order chi connectivity index (χ1) is 11.9. The Morgan fingerprint density at radius 2 is 1.76 bits per heavy atom. The Morgan fingerprint density at radius 3 is 2.32 bits per heavy atom. The monoisotopic (exact) mass is 350 g/mol. The molecule has 0 spiro atoms. The lowest BCUT2D eigenvalue weighted by atomic mass is 9.89. The van der Waals surface area contributed by atoms with Crippen molar-refractivity contribution in [2.24, 2.45) is 17.8 Å². The summed E-state index contributed by atoms with van der Waals surface area (Å²) in [6, 6.07) is 0.824. The first-order valence-electron chi connectivity index (χ1n) is 10.5. The van der Waals surface area contributed by atoms with Gasteiger partial charge in [-0.1, -0.05) is 34.1 Å². The van der Waals surface area contributed by atoms with Crippen LogP contribution in [0.2, 0.25) is 0 Å². The van der Waals surface area contributed by atoms with Gasteiger partial charge < -0.3 is 10.2 Å². The molecule has 2 fully saturated rings. The summed E-state index contributed by atoms with van der Waals surface area (Å²) in [5.74, 6) is 2.23. The number of nitrogens with one attached hydrogen (secondary N) is 1. The molecule has 0 aromatic heterocycles. The molecule has 0 saturated carbocycles. The number of hydrogen-bond acceptors (Lipinski definition) is 2. The van der Waals surface area contributed by atoms with Gasteiger partial charge in [0.15, 0.2) is 0 Å². The Hall–Kier alpha value is -1.06. The third kappa shape index (κ3) is 6.00. The smallest absolute Gasteiger partial charge is 0.223 e. The Kier molecular flexibility index (Phi) is 7.77. The maximum absolute atomic E-state index is 12.8. The van der Waals surface area contributed by atoms with E-state index in [2.05, 4.69) is 37.9 Å². The molecular formula is C21H38N2O2. The molecule has 0 aromatic carbocycles. The highest BCUT2D eigenvalue weighted by molar-refractivity contribution is 5.77. The Morgan fingerprint density at radius 1 is 1.12 bits per heavy atom. The van der Waals surface area contributed by atoms with Crippen LogP contribution >= 0.6 is 0 Å². The predicted molar refractivity (Wildman–Crippen MR) is 102 cm³/mol. The molecule has 2 saturated heterocycles. The minimum absolute atomic E-state index is 0.190. The fourth-order valence-corrected chi connectivity index (χ4v) is 4.84. The van der Waals surface area contributed by atoms with Crippen LogP contribution < -0.4 is 5.32 Å². The number of carbonyl (C=O) groups is 2. The highest BCUT2D eigenvalue weighted by atomic mass is 16.2. The summed E-state index contributed by atoms with van der Waals surface area (Å²) in [4.78, 5) is 26.8. The average Bonchev–Trinajstić information content (AvgIpc) is 2.81. The van der Waals surface area contributed by atoms with Crippen molar-refractivity contribution in [3.63, 3.8) is 0 Å². The van der Waals surface area contributed by atoms with E-state index in [1.807, 2.05) is 0 Å². The van der Waals surface area contributed by atoms with Crippen molar-refractivity contribution in [3.8, 4) is 0 Å². The molecule has 2 aliphatic heterocycles. The van der Waals surface area contributed by atoms with Crippen molar-refractivity contribution in [1.29, 1.82) is 0 Å². The van der Waals surface area contributed by atoms with Crippen LogP contribution in [0.3, 0.4) is 0 Å².